The Hall–Kier alpha value is -1.27. The highest BCUT2D eigenvalue weighted by atomic mass is 35.5. The van der Waals surface area contributed by atoms with Crippen molar-refractivity contribution in [2.24, 2.45) is 0 Å². The molecule has 5 nitrogen and oxygen atoms in total. The van der Waals surface area contributed by atoms with Gasteiger partial charge in [0, 0.05) is 6.07 Å². The summed E-state index contributed by atoms with van der Waals surface area (Å²) in [4.78, 5) is 0. The molecule has 0 fully saturated rings. The molecule has 2 heterocycles. The lowest BCUT2D eigenvalue weighted by atomic mass is 10.4. The van der Waals surface area contributed by atoms with Crippen molar-refractivity contribution in [1.82, 2.24) is 20.4 Å². The molecule has 0 aromatic carbocycles. The predicted molar refractivity (Wildman–Crippen MR) is 47.6 cm³/mol. The second-order valence-electron chi connectivity index (χ2n) is 2.14. The van der Waals surface area contributed by atoms with Crippen LogP contribution in [0.4, 0.5) is 0 Å². The van der Waals surface area contributed by atoms with Gasteiger partial charge in [-0.1, -0.05) is 22.9 Å². The van der Waals surface area contributed by atoms with E-state index in [4.69, 9.17) is 11.6 Å². The molecule has 0 aliphatic carbocycles. The fourth-order valence-corrected chi connectivity index (χ4v) is 1.47. The maximum Gasteiger partial charge on any atom is 0.171 e. The highest BCUT2D eigenvalue weighted by molar-refractivity contribution is 7.12. The number of rotatable bonds is 1. The number of hydrogen-bond acceptors (Lipinski definition) is 6. The fraction of sp³-hybridized carbons (Fsp3) is 0. The summed E-state index contributed by atoms with van der Waals surface area (Å²) < 4.78 is 0. The Balaban J connectivity index is 2.53. The molecule has 0 bridgehead atoms. The molecule has 13 heavy (non-hydrogen) atoms. The lowest BCUT2D eigenvalue weighted by Crippen LogP contribution is -1.88. The molecule has 0 atom stereocenters. The summed E-state index contributed by atoms with van der Waals surface area (Å²) in [6.07, 6.45) is 0. The third kappa shape index (κ3) is 1.58. The van der Waals surface area contributed by atoms with Crippen LogP contribution in [0.25, 0.3) is 10.7 Å². The van der Waals surface area contributed by atoms with E-state index in [9.17, 15) is 5.11 Å². The van der Waals surface area contributed by atoms with Crippen molar-refractivity contribution in [2.75, 3.05) is 0 Å². The van der Waals surface area contributed by atoms with Crippen LogP contribution >= 0.6 is 22.9 Å². The molecule has 0 unspecified atom stereocenters. The molecule has 0 spiro atoms. The van der Waals surface area contributed by atoms with Gasteiger partial charge in [-0.05, 0) is 0 Å². The van der Waals surface area contributed by atoms with Gasteiger partial charge in [0.25, 0.3) is 0 Å². The molecule has 0 aliphatic rings. The van der Waals surface area contributed by atoms with E-state index < -0.39 is 0 Å². The molecule has 2 aromatic heterocycles. The summed E-state index contributed by atoms with van der Waals surface area (Å²) >= 11 is 6.78. The van der Waals surface area contributed by atoms with Crippen molar-refractivity contribution in [3.63, 3.8) is 0 Å². The van der Waals surface area contributed by atoms with Crippen LogP contribution in [0, 0.1) is 0 Å². The van der Waals surface area contributed by atoms with E-state index in [1.54, 1.807) is 5.51 Å². The first-order chi connectivity index (χ1) is 6.27. The smallest absolute Gasteiger partial charge is 0.171 e. The van der Waals surface area contributed by atoms with Crippen molar-refractivity contribution < 1.29 is 5.11 Å². The largest absolute Gasteiger partial charge is 0.505 e. The first-order valence-corrected chi connectivity index (χ1v) is 4.52. The Kier molecular flexibility index (Phi) is 2.07. The van der Waals surface area contributed by atoms with E-state index in [0.717, 1.165) is 0 Å². The summed E-state index contributed by atoms with van der Waals surface area (Å²) in [6, 6.07) is 1.31. The molecule has 0 radical (unpaired) electrons. The summed E-state index contributed by atoms with van der Waals surface area (Å²) in [7, 11) is 0. The maximum atomic E-state index is 9.42. The second-order valence-corrected chi connectivity index (χ2v) is 3.37. The predicted octanol–water partition coefficient (Wildman–Crippen LogP) is 1.35. The van der Waals surface area contributed by atoms with Crippen LogP contribution in [0.5, 0.6) is 5.75 Å². The summed E-state index contributed by atoms with van der Waals surface area (Å²) in [6.45, 7) is 0. The van der Waals surface area contributed by atoms with Crippen molar-refractivity contribution in [2.45, 2.75) is 0 Å². The molecule has 2 aromatic rings. The minimum atomic E-state index is -0.0447. The van der Waals surface area contributed by atoms with Gasteiger partial charge in [-0.3, -0.25) is 0 Å². The van der Waals surface area contributed by atoms with Crippen LogP contribution in [0.3, 0.4) is 0 Å². The first kappa shape index (κ1) is 8.33. The van der Waals surface area contributed by atoms with Gasteiger partial charge in [-0.25, -0.2) is 0 Å². The number of hydrogen-bond donors (Lipinski definition) is 1. The zero-order chi connectivity index (χ0) is 9.26. The van der Waals surface area contributed by atoms with Crippen LogP contribution in [0.15, 0.2) is 11.6 Å². The average Bonchev–Trinajstić information content (AvgIpc) is 2.56. The van der Waals surface area contributed by atoms with Crippen LogP contribution in [-0.4, -0.2) is 25.5 Å². The molecule has 0 saturated carbocycles. The average molecular weight is 215 g/mol. The molecular formula is C6H3ClN4OS. The summed E-state index contributed by atoms with van der Waals surface area (Å²) in [5, 5.41) is 24.7. The van der Waals surface area contributed by atoms with Crippen molar-refractivity contribution >= 4 is 22.9 Å². The van der Waals surface area contributed by atoms with Crippen LogP contribution in [0.2, 0.25) is 5.15 Å². The lowest BCUT2D eigenvalue weighted by Gasteiger charge is -1.96. The zero-order valence-electron chi connectivity index (χ0n) is 6.18. The number of nitrogens with zero attached hydrogens (tertiary/aromatic N) is 4. The Morgan fingerprint density at radius 3 is 2.77 bits per heavy atom. The van der Waals surface area contributed by atoms with Crippen molar-refractivity contribution in [1.29, 1.82) is 0 Å². The minimum absolute atomic E-state index is 0.0447. The third-order valence-electron chi connectivity index (χ3n) is 1.31. The van der Waals surface area contributed by atoms with E-state index in [1.807, 2.05) is 0 Å². The SMILES string of the molecule is Oc1cc(Cl)nnc1-c1nncs1. The van der Waals surface area contributed by atoms with Gasteiger partial charge in [0.1, 0.15) is 11.3 Å². The van der Waals surface area contributed by atoms with Gasteiger partial charge in [-0.2, -0.15) is 0 Å². The maximum absolute atomic E-state index is 9.42. The van der Waals surface area contributed by atoms with Crippen LogP contribution < -0.4 is 0 Å². The van der Waals surface area contributed by atoms with Gasteiger partial charge in [0.2, 0.25) is 0 Å². The molecule has 66 valence electrons. The van der Waals surface area contributed by atoms with E-state index in [-0.39, 0.29) is 10.9 Å². The van der Waals surface area contributed by atoms with Crippen LogP contribution in [0.1, 0.15) is 0 Å². The third-order valence-corrected chi connectivity index (χ3v) is 2.19. The van der Waals surface area contributed by atoms with Crippen molar-refractivity contribution in [3.05, 3.63) is 16.7 Å². The zero-order valence-corrected chi connectivity index (χ0v) is 7.75. The quantitative estimate of drug-likeness (QED) is 0.776. The van der Waals surface area contributed by atoms with Gasteiger partial charge in [0.15, 0.2) is 15.9 Å². The van der Waals surface area contributed by atoms with E-state index >= 15 is 0 Å². The molecule has 1 N–H and O–H groups in total. The van der Waals surface area contributed by atoms with Gasteiger partial charge < -0.3 is 5.11 Å². The topological polar surface area (TPSA) is 71.8 Å². The number of aromatic nitrogens is 4. The Bertz CT molecular complexity index is 419. The number of aromatic hydroxyl groups is 1. The molecular weight excluding hydrogens is 212 g/mol. The van der Waals surface area contributed by atoms with Gasteiger partial charge in [0.05, 0.1) is 0 Å². The molecule has 2 rings (SSSR count). The van der Waals surface area contributed by atoms with Crippen LogP contribution in [-0.2, 0) is 0 Å². The standard InChI is InChI=1S/C6H3ClN4OS/c7-4-1-3(12)5(10-9-4)6-11-8-2-13-6/h1-2H,(H,9,12). The van der Waals surface area contributed by atoms with E-state index in [1.165, 1.54) is 17.4 Å². The molecule has 0 aliphatic heterocycles. The minimum Gasteiger partial charge on any atom is -0.505 e. The monoisotopic (exact) mass is 214 g/mol. The molecule has 7 heteroatoms. The second kappa shape index (κ2) is 3.23. The molecule has 0 saturated heterocycles. The Morgan fingerprint density at radius 2 is 2.15 bits per heavy atom. The van der Waals surface area contributed by atoms with E-state index in [0.29, 0.717) is 10.7 Å². The highest BCUT2D eigenvalue weighted by Gasteiger charge is 2.10. The van der Waals surface area contributed by atoms with E-state index in [2.05, 4.69) is 20.4 Å². The van der Waals surface area contributed by atoms with Gasteiger partial charge in [-0.15, -0.1) is 20.4 Å². The normalized spacial score (nSPS) is 10.2. The van der Waals surface area contributed by atoms with Gasteiger partial charge >= 0.3 is 0 Å². The summed E-state index contributed by atoms with van der Waals surface area (Å²) in [5.41, 5.74) is 1.84. The Labute approximate surface area is 82.0 Å². The molecule has 0 amide bonds. The first-order valence-electron chi connectivity index (χ1n) is 3.26. The highest BCUT2D eigenvalue weighted by Crippen LogP contribution is 2.27. The number of halogens is 1. The fourth-order valence-electron chi connectivity index (χ4n) is 0.788. The summed E-state index contributed by atoms with van der Waals surface area (Å²) in [5.74, 6) is -0.0447. The Morgan fingerprint density at radius 1 is 1.31 bits per heavy atom. The lowest BCUT2D eigenvalue weighted by molar-refractivity contribution is 0.473. The van der Waals surface area contributed by atoms with Crippen molar-refractivity contribution in [3.8, 4) is 16.5 Å².